The summed E-state index contributed by atoms with van der Waals surface area (Å²) in [5.74, 6) is 0. The molecule has 0 rings (SSSR count). The molecular weight excluding hydrogens is 199 g/mol. The minimum Gasteiger partial charge on any atom is -0.271 e. The fraction of sp³-hybridized carbons (Fsp3) is 1.00. The summed E-state index contributed by atoms with van der Waals surface area (Å²) in [5, 5.41) is 0. The van der Waals surface area contributed by atoms with Gasteiger partial charge in [0.15, 0.2) is 0 Å². The van der Waals surface area contributed by atoms with Gasteiger partial charge >= 0.3 is 35.9 Å². The summed E-state index contributed by atoms with van der Waals surface area (Å²) >= 11 is 0. The Morgan fingerprint density at radius 2 is 0.600 bits per heavy atom. The SMILES string of the molecule is C[Si-](C)C.C[Si-](C)C.[Cu+].[Li+]. The molecule has 0 N–H and O–H groups in total. The molecule has 0 unspecified atom stereocenters. The second kappa shape index (κ2) is 16.9. The summed E-state index contributed by atoms with van der Waals surface area (Å²) in [6, 6.07) is 0. The van der Waals surface area contributed by atoms with Crippen LogP contribution in [0.3, 0.4) is 0 Å². The predicted molar refractivity (Wildman–Crippen MR) is 46.7 cm³/mol. The van der Waals surface area contributed by atoms with E-state index in [2.05, 4.69) is 39.3 Å². The third-order valence-electron chi connectivity index (χ3n) is 0. The minimum atomic E-state index is 0. The molecule has 0 spiro atoms. The van der Waals surface area contributed by atoms with Crippen molar-refractivity contribution in [2.75, 3.05) is 0 Å². The van der Waals surface area contributed by atoms with Gasteiger partial charge in [-0.2, -0.15) is 39.3 Å². The summed E-state index contributed by atoms with van der Waals surface area (Å²) in [6.07, 6.45) is 0. The fourth-order valence-electron chi connectivity index (χ4n) is 0. The summed E-state index contributed by atoms with van der Waals surface area (Å²) in [5.41, 5.74) is 0. The maximum absolute atomic E-state index is 2.27. The third-order valence-corrected chi connectivity index (χ3v) is 0. The molecule has 0 heterocycles. The Balaban J connectivity index is -0.0000000300. The van der Waals surface area contributed by atoms with Gasteiger partial charge in [-0.25, -0.2) is 0 Å². The van der Waals surface area contributed by atoms with Crippen LogP contribution in [-0.4, -0.2) is 17.6 Å². The molecule has 0 aliphatic rings. The van der Waals surface area contributed by atoms with Crippen molar-refractivity contribution >= 4 is 17.6 Å². The van der Waals surface area contributed by atoms with Gasteiger partial charge in [-0.15, -0.1) is 0 Å². The van der Waals surface area contributed by atoms with Crippen LogP contribution in [-0.2, 0) is 17.1 Å². The van der Waals surface area contributed by atoms with Crippen molar-refractivity contribution in [3.05, 3.63) is 0 Å². The average Bonchev–Trinajstić information content (AvgIpc) is 1.25. The Kier molecular flexibility index (Phi) is 38.1. The fourth-order valence-corrected chi connectivity index (χ4v) is 0. The van der Waals surface area contributed by atoms with Crippen LogP contribution in [0.15, 0.2) is 0 Å². The van der Waals surface area contributed by atoms with Crippen molar-refractivity contribution in [3.8, 4) is 0 Å². The Morgan fingerprint density at radius 1 is 0.600 bits per heavy atom. The van der Waals surface area contributed by atoms with E-state index in [0.29, 0.717) is 0 Å². The van der Waals surface area contributed by atoms with Gasteiger partial charge in [0, 0.05) is 0 Å². The van der Waals surface area contributed by atoms with Crippen LogP contribution in [0.5, 0.6) is 0 Å². The van der Waals surface area contributed by atoms with Crippen LogP contribution in [0.4, 0.5) is 0 Å². The Labute approximate surface area is 92.4 Å². The smallest absolute Gasteiger partial charge is 0.271 e. The molecule has 4 heteroatoms. The molecule has 0 aliphatic heterocycles. The van der Waals surface area contributed by atoms with Crippen molar-refractivity contribution < 1.29 is 35.9 Å². The van der Waals surface area contributed by atoms with Gasteiger partial charge in [0.1, 0.15) is 0 Å². The van der Waals surface area contributed by atoms with E-state index in [0.717, 1.165) is 0 Å². The standard InChI is InChI=1S/2C3H9Si.Cu.Li/c2*1-4(2)3;;/h2*1-3H3;;/q2*-1;2*+1. The summed E-state index contributed by atoms with van der Waals surface area (Å²) in [4.78, 5) is 0. The number of hydrogen-bond donors (Lipinski definition) is 0. The molecule has 0 aromatic carbocycles. The van der Waals surface area contributed by atoms with Crippen LogP contribution >= 0.6 is 0 Å². The van der Waals surface area contributed by atoms with Crippen LogP contribution < -0.4 is 18.9 Å². The molecule has 0 saturated heterocycles. The van der Waals surface area contributed by atoms with E-state index in [9.17, 15) is 0 Å². The second-order valence-electron chi connectivity index (χ2n) is 3.00. The van der Waals surface area contributed by atoms with Crippen LogP contribution in [0.1, 0.15) is 0 Å². The Bertz CT molecular complexity index is 31.2. The predicted octanol–water partition coefficient (Wildman–Crippen LogP) is -0.257. The third kappa shape index (κ3) is 290. The zero-order valence-corrected chi connectivity index (χ0v) is 11.2. The first-order chi connectivity index (χ1) is 3.46. The van der Waals surface area contributed by atoms with Crippen LogP contribution in [0.2, 0.25) is 39.3 Å². The second-order valence-corrected chi connectivity index (χ2v) is 9.00. The first-order valence-corrected chi connectivity index (χ1v) is 9.00. The van der Waals surface area contributed by atoms with Gasteiger partial charge in [0.25, 0.3) is 0 Å². The molecule has 0 amide bonds. The molecular formula is C6H18CuLiSi2. The van der Waals surface area contributed by atoms with Crippen molar-refractivity contribution in [2.24, 2.45) is 0 Å². The van der Waals surface area contributed by atoms with E-state index in [-0.39, 0.29) is 53.5 Å². The minimum absolute atomic E-state index is 0. The van der Waals surface area contributed by atoms with Crippen molar-refractivity contribution in [1.29, 1.82) is 0 Å². The zero-order chi connectivity index (χ0) is 7.15. The molecule has 0 aliphatic carbocycles. The van der Waals surface area contributed by atoms with Crippen molar-refractivity contribution in [2.45, 2.75) is 39.3 Å². The van der Waals surface area contributed by atoms with E-state index in [4.69, 9.17) is 0 Å². The molecule has 0 bridgehead atoms. The Morgan fingerprint density at radius 3 is 0.600 bits per heavy atom. The molecule has 0 aromatic rings. The molecule has 0 aromatic heterocycles. The van der Waals surface area contributed by atoms with E-state index < -0.39 is 0 Å². The average molecular weight is 217 g/mol. The normalized spacial score (nSPS) is 7.20. The van der Waals surface area contributed by atoms with E-state index in [1.807, 2.05) is 0 Å². The first-order valence-electron chi connectivity index (χ1n) is 3.00. The molecule has 0 saturated carbocycles. The zero-order valence-electron chi connectivity index (χ0n) is 8.30. The monoisotopic (exact) mass is 216 g/mol. The van der Waals surface area contributed by atoms with E-state index in [1.165, 1.54) is 0 Å². The number of rotatable bonds is 0. The van der Waals surface area contributed by atoms with Crippen LogP contribution in [0.25, 0.3) is 0 Å². The van der Waals surface area contributed by atoms with E-state index >= 15 is 0 Å². The summed E-state index contributed by atoms with van der Waals surface area (Å²) < 4.78 is 0. The maximum atomic E-state index is 2.27. The molecule has 0 nitrogen and oxygen atoms in total. The molecule has 0 atom stereocenters. The van der Waals surface area contributed by atoms with Gasteiger partial charge in [-0.1, -0.05) is 0 Å². The summed E-state index contributed by atoms with van der Waals surface area (Å²) in [6.45, 7) is 13.6. The molecule has 0 fully saturated rings. The van der Waals surface area contributed by atoms with Crippen molar-refractivity contribution in [3.63, 3.8) is 0 Å². The molecule has 0 radical (unpaired) electrons. The van der Waals surface area contributed by atoms with Gasteiger partial charge < -0.3 is 0 Å². The largest absolute Gasteiger partial charge is 1.00 e. The molecule has 62 valence electrons. The topological polar surface area (TPSA) is 0 Å². The van der Waals surface area contributed by atoms with Gasteiger partial charge in [0.05, 0.1) is 0 Å². The summed E-state index contributed by atoms with van der Waals surface area (Å²) in [7, 11) is 0.241. The Hall–Kier alpha value is 1.55. The van der Waals surface area contributed by atoms with Crippen molar-refractivity contribution in [1.82, 2.24) is 0 Å². The van der Waals surface area contributed by atoms with Gasteiger partial charge in [-0.3, -0.25) is 17.6 Å². The quantitative estimate of drug-likeness (QED) is 0.490. The first kappa shape index (κ1) is 22.6. The molecule has 10 heavy (non-hydrogen) atoms. The van der Waals surface area contributed by atoms with Crippen LogP contribution in [0, 0.1) is 0 Å². The van der Waals surface area contributed by atoms with Gasteiger partial charge in [-0.05, 0) is 0 Å². The van der Waals surface area contributed by atoms with Gasteiger partial charge in [0.2, 0.25) is 0 Å². The maximum Gasteiger partial charge on any atom is 1.00 e. The number of hydrogen-bond acceptors (Lipinski definition) is 0. The van der Waals surface area contributed by atoms with E-state index in [1.54, 1.807) is 0 Å².